The van der Waals surface area contributed by atoms with E-state index >= 15 is 0 Å². The molecular weight excluding hydrogens is 231 g/mol. The molecule has 84 valence electrons. The minimum absolute atomic E-state index is 0.296. The third kappa shape index (κ3) is 2.35. The summed E-state index contributed by atoms with van der Waals surface area (Å²) in [7, 11) is 0. The normalized spacial score (nSPS) is 10.1. The highest BCUT2D eigenvalue weighted by Crippen LogP contribution is 2.36. The zero-order valence-electron chi connectivity index (χ0n) is 8.34. The molecule has 0 atom stereocenters. The first-order valence-corrected chi connectivity index (χ1v) is 4.36. The van der Waals surface area contributed by atoms with Crippen LogP contribution in [0.2, 0.25) is 0 Å². The lowest BCUT2D eigenvalue weighted by molar-refractivity contribution is -0.138. The molecule has 0 unspecified atom stereocenters. The fourth-order valence-corrected chi connectivity index (χ4v) is 1.41. The summed E-state index contributed by atoms with van der Waals surface area (Å²) >= 11 is 0. The predicted molar refractivity (Wildman–Crippen MR) is 50.2 cm³/mol. The third-order valence-electron chi connectivity index (χ3n) is 2.08. The van der Waals surface area contributed by atoms with Crippen LogP contribution in [0.1, 0.15) is 22.3 Å². The van der Waals surface area contributed by atoms with Crippen molar-refractivity contribution in [3.8, 4) is 18.2 Å². The zero-order valence-corrected chi connectivity index (χ0v) is 8.34. The van der Waals surface area contributed by atoms with E-state index in [0.29, 0.717) is 0 Å². The molecule has 0 aliphatic carbocycles. The van der Waals surface area contributed by atoms with Crippen molar-refractivity contribution in [2.45, 2.75) is 12.6 Å². The van der Waals surface area contributed by atoms with E-state index in [1.807, 2.05) is 0 Å². The van der Waals surface area contributed by atoms with Crippen molar-refractivity contribution in [2.75, 3.05) is 0 Å². The summed E-state index contributed by atoms with van der Waals surface area (Å²) in [5.41, 5.74) is -2.56. The van der Waals surface area contributed by atoms with Crippen LogP contribution in [0.5, 0.6) is 0 Å². The van der Waals surface area contributed by atoms with Crippen LogP contribution < -0.4 is 0 Å². The van der Waals surface area contributed by atoms with Crippen molar-refractivity contribution in [1.29, 1.82) is 15.8 Å². The second kappa shape index (κ2) is 4.55. The zero-order chi connectivity index (χ0) is 13.1. The highest BCUT2D eigenvalue weighted by atomic mass is 19.4. The molecule has 0 amide bonds. The molecule has 1 rings (SSSR count). The molecule has 6 heteroatoms. The van der Waals surface area contributed by atoms with Gasteiger partial charge in [0.05, 0.1) is 29.2 Å². The van der Waals surface area contributed by atoms with E-state index in [2.05, 4.69) is 0 Å². The fraction of sp³-hybridized carbons (Fsp3) is 0.182. The lowest BCUT2D eigenvalue weighted by Gasteiger charge is -2.13. The smallest absolute Gasteiger partial charge is 0.198 e. The summed E-state index contributed by atoms with van der Waals surface area (Å²) in [5, 5.41) is 25.8. The van der Waals surface area contributed by atoms with Crippen LogP contribution in [0.4, 0.5) is 13.2 Å². The van der Waals surface area contributed by atoms with Gasteiger partial charge in [-0.05, 0) is 11.6 Å². The maximum Gasteiger partial charge on any atom is 0.418 e. The highest BCUT2D eigenvalue weighted by molar-refractivity contribution is 5.55. The molecule has 0 heterocycles. The summed E-state index contributed by atoms with van der Waals surface area (Å²) in [4.78, 5) is 0. The topological polar surface area (TPSA) is 71.4 Å². The van der Waals surface area contributed by atoms with Gasteiger partial charge in [0, 0.05) is 0 Å². The first-order chi connectivity index (χ1) is 7.95. The number of alkyl halides is 3. The molecule has 0 aliphatic rings. The Kier molecular flexibility index (Phi) is 3.36. The molecule has 1 aromatic carbocycles. The van der Waals surface area contributed by atoms with Crippen LogP contribution in [0.25, 0.3) is 0 Å². The van der Waals surface area contributed by atoms with E-state index in [9.17, 15) is 13.2 Å². The number of halogens is 3. The molecule has 0 bridgehead atoms. The maximum atomic E-state index is 12.8. The van der Waals surface area contributed by atoms with Gasteiger partial charge >= 0.3 is 6.18 Å². The lowest BCUT2D eigenvalue weighted by atomic mass is 9.95. The van der Waals surface area contributed by atoms with Crippen LogP contribution in [0.15, 0.2) is 12.1 Å². The van der Waals surface area contributed by atoms with Crippen molar-refractivity contribution in [2.24, 2.45) is 0 Å². The van der Waals surface area contributed by atoms with E-state index in [4.69, 9.17) is 15.8 Å². The van der Waals surface area contributed by atoms with E-state index in [-0.39, 0.29) is 11.1 Å². The minimum Gasteiger partial charge on any atom is -0.198 e. The number of benzene rings is 1. The summed E-state index contributed by atoms with van der Waals surface area (Å²) < 4.78 is 38.3. The summed E-state index contributed by atoms with van der Waals surface area (Å²) in [6.07, 6.45) is -5.22. The Balaban J connectivity index is 3.67. The van der Waals surface area contributed by atoms with E-state index in [1.54, 1.807) is 6.07 Å². The first kappa shape index (κ1) is 12.5. The Morgan fingerprint density at radius 1 is 1.06 bits per heavy atom. The Morgan fingerprint density at radius 3 is 2.12 bits per heavy atom. The number of rotatable bonds is 1. The van der Waals surface area contributed by atoms with Crippen LogP contribution in [-0.2, 0) is 12.6 Å². The Bertz CT molecular complexity index is 568. The molecule has 0 aliphatic heterocycles. The van der Waals surface area contributed by atoms with E-state index in [0.717, 1.165) is 12.1 Å². The number of hydrogen-bond donors (Lipinski definition) is 0. The lowest BCUT2D eigenvalue weighted by Crippen LogP contribution is -2.13. The van der Waals surface area contributed by atoms with Crippen molar-refractivity contribution < 1.29 is 13.2 Å². The number of hydrogen-bond acceptors (Lipinski definition) is 3. The van der Waals surface area contributed by atoms with Gasteiger partial charge in [-0.1, -0.05) is 6.07 Å². The molecule has 0 spiro atoms. The first-order valence-electron chi connectivity index (χ1n) is 4.36. The summed E-state index contributed by atoms with van der Waals surface area (Å²) in [5.74, 6) is 0. The average Bonchev–Trinajstić information content (AvgIpc) is 2.27. The van der Waals surface area contributed by atoms with Gasteiger partial charge < -0.3 is 0 Å². The van der Waals surface area contributed by atoms with Gasteiger partial charge in [-0.25, -0.2) is 0 Å². The van der Waals surface area contributed by atoms with Crippen LogP contribution >= 0.6 is 0 Å². The van der Waals surface area contributed by atoms with Gasteiger partial charge in [0.1, 0.15) is 12.1 Å². The van der Waals surface area contributed by atoms with E-state index < -0.39 is 23.7 Å². The van der Waals surface area contributed by atoms with Gasteiger partial charge in [0.25, 0.3) is 0 Å². The molecule has 3 nitrogen and oxygen atoms in total. The molecule has 0 aromatic heterocycles. The molecule has 0 N–H and O–H groups in total. The van der Waals surface area contributed by atoms with Crippen LogP contribution in [0.3, 0.4) is 0 Å². The van der Waals surface area contributed by atoms with Crippen LogP contribution in [0, 0.1) is 34.0 Å². The maximum absolute atomic E-state index is 12.8. The summed E-state index contributed by atoms with van der Waals surface area (Å²) in [6.45, 7) is 0. The summed E-state index contributed by atoms with van der Waals surface area (Å²) in [6, 6.07) is 6.64. The van der Waals surface area contributed by atoms with Crippen molar-refractivity contribution in [1.82, 2.24) is 0 Å². The van der Waals surface area contributed by atoms with Crippen molar-refractivity contribution in [3.05, 3.63) is 34.4 Å². The SMILES string of the molecule is N#CCc1ccc(C#N)c(C#N)c1C(F)(F)F. The van der Waals surface area contributed by atoms with E-state index in [1.165, 1.54) is 12.1 Å². The molecule has 0 radical (unpaired) electrons. The quantitative estimate of drug-likeness (QED) is 0.750. The Hall–Kier alpha value is -2.52. The molecule has 0 saturated heterocycles. The monoisotopic (exact) mass is 235 g/mol. The van der Waals surface area contributed by atoms with Crippen molar-refractivity contribution >= 4 is 0 Å². The largest absolute Gasteiger partial charge is 0.418 e. The van der Waals surface area contributed by atoms with Gasteiger partial charge in [-0.15, -0.1) is 0 Å². The van der Waals surface area contributed by atoms with Gasteiger partial charge in [0.2, 0.25) is 0 Å². The van der Waals surface area contributed by atoms with Gasteiger partial charge in [-0.3, -0.25) is 0 Å². The second-order valence-electron chi connectivity index (χ2n) is 3.08. The van der Waals surface area contributed by atoms with Gasteiger partial charge in [-0.2, -0.15) is 29.0 Å². The standard InChI is InChI=1S/C11H4F3N3/c12-11(13,14)10-7(3-4-15)1-2-8(5-16)9(10)6-17/h1-2H,3H2. The number of nitriles is 3. The van der Waals surface area contributed by atoms with Crippen molar-refractivity contribution in [3.63, 3.8) is 0 Å². The molecular formula is C11H4F3N3. The second-order valence-corrected chi connectivity index (χ2v) is 3.08. The third-order valence-corrected chi connectivity index (χ3v) is 2.08. The van der Waals surface area contributed by atoms with Gasteiger partial charge in [0.15, 0.2) is 0 Å². The molecule has 17 heavy (non-hydrogen) atoms. The molecule has 0 fully saturated rings. The molecule has 0 saturated carbocycles. The number of nitrogens with zero attached hydrogens (tertiary/aromatic N) is 3. The minimum atomic E-state index is -4.76. The highest BCUT2D eigenvalue weighted by Gasteiger charge is 2.37. The molecule has 1 aromatic rings. The van der Waals surface area contributed by atoms with Crippen LogP contribution in [-0.4, -0.2) is 0 Å². The fourth-order valence-electron chi connectivity index (χ4n) is 1.41. The average molecular weight is 235 g/mol. The Morgan fingerprint density at radius 2 is 1.71 bits per heavy atom. The predicted octanol–water partition coefficient (Wildman–Crippen LogP) is 2.51. The Labute approximate surface area is 94.9 Å².